The maximum absolute atomic E-state index is 9.78. The minimum atomic E-state index is -1.74. The zero-order chi connectivity index (χ0) is 25.7. The summed E-state index contributed by atoms with van der Waals surface area (Å²) in [6.45, 7) is -1.80. The Labute approximate surface area is 193 Å². The van der Waals surface area contributed by atoms with E-state index in [4.69, 9.17) is 44.5 Å². The van der Waals surface area contributed by atoms with E-state index in [9.17, 15) is 35.7 Å². The molecule has 16 nitrogen and oxygen atoms in total. The first kappa shape index (κ1) is 29.6. The van der Waals surface area contributed by atoms with E-state index in [1.165, 1.54) is 0 Å². The molecule has 3 aliphatic rings. The van der Waals surface area contributed by atoms with Gasteiger partial charge in [0, 0.05) is 0 Å². The molecule has 3 rings (SSSR count). The van der Waals surface area contributed by atoms with Gasteiger partial charge in [0.25, 0.3) is 0 Å². The van der Waals surface area contributed by atoms with Crippen molar-refractivity contribution in [3.63, 3.8) is 0 Å². The molecule has 0 saturated carbocycles. The van der Waals surface area contributed by atoms with Gasteiger partial charge in [-0.25, -0.2) is 0 Å². The van der Waals surface area contributed by atoms with Crippen LogP contribution in [0.2, 0.25) is 0 Å². The highest BCUT2D eigenvalue weighted by molar-refractivity contribution is 4.91. The van der Waals surface area contributed by atoms with Gasteiger partial charge in [0.15, 0.2) is 12.6 Å². The molecule has 3 heterocycles. The van der Waals surface area contributed by atoms with Crippen molar-refractivity contribution < 1.29 is 80.2 Å². The van der Waals surface area contributed by atoms with Gasteiger partial charge in [-0.05, 0) is 0 Å². The van der Waals surface area contributed by atoms with Crippen LogP contribution in [0.1, 0.15) is 0 Å². The van der Waals surface area contributed by atoms with Gasteiger partial charge >= 0.3 is 0 Å². The highest BCUT2D eigenvalue weighted by Crippen LogP contribution is 2.25. The third kappa shape index (κ3) is 6.56. The fraction of sp³-hybridized carbons (Fsp3) is 1.00. The normalized spacial score (nSPS) is 49.4. The van der Waals surface area contributed by atoms with Crippen LogP contribution in [0.25, 0.3) is 0 Å². The quantitative estimate of drug-likeness (QED) is 0.159. The second kappa shape index (κ2) is 13.1. The van der Waals surface area contributed by atoms with Crippen LogP contribution in [0.15, 0.2) is 0 Å². The van der Waals surface area contributed by atoms with Crippen LogP contribution in [-0.2, 0) is 18.9 Å². The first-order chi connectivity index (χ1) is 16.0. The summed E-state index contributed by atoms with van der Waals surface area (Å²) in [6, 6.07) is 0. The first-order valence-corrected chi connectivity index (χ1v) is 10.5. The van der Waals surface area contributed by atoms with Gasteiger partial charge in [0.05, 0.1) is 26.4 Å². The average molecular weight is 506 g/mol. The van der Waals surface area contributed by atoms with E-state index in [-0.39, 0.29) is 13.2 Å². The molecule has 34 heavy (non-hydrogen) atoms. The number of hydrogen-bond donors (Lipinski definition) is 12. The second-order valence-electron chi connectivity index (χ2n) is 8.13. The van der Waals surface area contributed by atoms with Crippen LogP contribution in [0.3, 0.4) is 0 Å². The monoisotopic (exact) mass is 506 g/mol. The molecule has 0 aliphatic carbocycles. The van der Waals surface area contributed by atoms with E-state index >= 15 is 0 Å². The van der Waals surface area contributed by atoms with Crippen molar-refractivity contribution in [3.8, 4) is 0 Å². The van der Waals surface area contributed by atoms with Crippen molar-refractivity contribution >= 4 is 0 Å². The summed E-state index contributed by atoms with van der Waals surface area (Å²) in [5.74, 6) is 0. The van der Waals surface area contributed by atoms with Gasteiger partial charge in [-0.15, -0.1) is 0 Å². The van der Waals surface area contributed by atoms with Gasteiger partial charge < -0.3 is 80.2 Å². The van der Waals surface area contributed by atoms with E-state index in [2.05, 4.69) is 0 Å². The molecule has 12 N–H and O–H groups in total. The van der Waals surface area contributed by atoms with Crippen LogP contribution >= 0.6 is 0 Å². The second-order valence-corrected chi connectivity index (χ2v) is 8.13. The lowest BCUT2D eigenvalue weighted by atomic mass is 9.98. The van der Waals surface area contributed by atoms with Gasteiger partial charge in [-0.2, -0.15) is 0 Å². The molecular formula is C18H34O16. The van der Waals surface area contributed by atoms with Crippen molar-refractivity contribution in [2.75, 3.05) is 26.4 Å². The number of hydrogen-bond acceptors (Lipinski definition) is 16. The molecule has 0 aromatic rings. The van der Waals surface area contributed by atoms with Crippen molar-refractivity contribution in [2.24, 2.45) is 0 Å². The van der Waals surface area contributed by atoms with Gasteiger partial charge in [-0.3, -0.25) is 0 Å². The highest BCUT2D eigenvalue weighted by atomic mass is 16.7. The van der Waals surface area contributed by atoms with E-state index in [1.54, 1.807) is 0 Å². The van der Waals surface area contributed by atoms with Crippen LogP contribution in [0.4, 0.5) is 0 Å². The largest absolute Gasteiger partial charge is 0.394 e. The molecule has 0 aromatic heterocycles. The van der Waals surface area contributed by atoms with Crippen LogP contribution in [-0.4, -0.2) is 174 Å². The molecule has 0 bridgehead atoms. The number of rotatable bonds is 6. The Morgan fingerprint density at radius 2 is 0.853 bits per heavy atom. The Balaban J connectivity index is 0.000000310. The van der Waals surface area contributed by atoms with Crippen molar-refractivity contribution in [1.82, 2.24) is 0 Å². The standard InChI is InChI=1S/C12H22O11.C6H12O5/c13-1-3-5(14)8(17)10(19)12(23-3)21-2-4-6(15)7(16)9(18)11(20)22-4;7-1-3-5(9)6(10)4(2-8)11-3/h3-20H,1-2H2;3-10H,1-2H2/t3?,4-,5+,6?,7+,8+,9-,10-,11+,12?;3-,4?,5-,6-/m11/s1. The van der Waals surface area contributed by atoms with E-state index < -0.39 is 99.0 Å². The molecule has 0 spiro atoms. The maximum Gasteiger partial charge on any atom is 0.186 e. The fourth-order valence-electron chi connectivity index (χ4n) is 3.59. The summed E-state index contributed by atoms with van der Waals surface area (Å²) in [4.78, 5) is 0. The number of ether oxygens (including phenoxy) is 4. The lowest BCUT2D eigenvalue weighted by Crippen LogP contribution is -2.61. The number of aliphatic hydroxyl groups is 12. The summed E-state index contributed by atoms with van der Waals surface area (Å²) in [6.07, 6.45) is -19.0. The Morgan fingerprint density at radius 3 is 1.32 bits per heavy atom. The van der Waals surface area contributed by atoms with Gasteiger partial charge in [0.2, 0.25) is 0 Å². The maximum atomic E-state index is 9.78. The molecule has 0 amide bonds. The molecule has 3 aliphatic heterocycles. The topological polar surface area (TPSA) is 280 Å². The number of aliphatic hydroxyl groups excluding tert-OH is 12. The summed E-state index contributed by atoms with van der Waals surface area (Å²) in [5.41, 5.74) is 0. The van der Waals surface area contributed by atoms with E-state index in [1.807, 2.05) is 0 Å². The van der Waals surface area contributed by atoms with Crippen LogP contribution < -0.4 is 0 Å². The fourth-order valence-corrected chi connectivity index (χ4v) is 3.59. The predicted octanol–water partition coefficient (Wildman–Crippen LogP) is -7.94. The molecule has 16 heteroatoms. The smallest absolute Gasteiger partial charge is 0.186 e. The highest BCUT2D eigenvalue weighted by Gasteiger charge is 2.47. The van der Waals surface area contributed by atoms with Crippen molar-refractivity contribution in [3.05, 3.63) is 0 Å². The minimum Gasteiger partial charge on any atom is -0.394 e. The SMILES string of the molecule is OCC1OC(OC[C@H]2O[C@H](O)[C@H](O)[C@@H](O)C2O)[C@H](O)[C@@H](O)[C@H]1O.OCC1O[C@H](CO)[C@@H](O)[C@@H]1O. The summed E-state index contributed by atoms with van der Waals surface area (Å²) in [5, 5.41) is 112. The Morgan fingerprint density at radius 1 is 0.441 bits per heavy atom. The Hall–Kier alpha value is -0.640. The average Bonchev–Trinajstić information content (AvgIpc) is 3.12. The van der Waals surface area contributed by atoms with Crippen LogP contribution in [0, 0.1) is 0 Å². The third-order valence-electron chi connectivity index (χ3n) is 5.78. The molecule has 14 atom stereocenters. The Kier molecular flexibility index (Phi) is 11.4. The van der Waals surface area contributed by atoms with Gasteiger partial charge in [-0.1, -0.05) is 0 Å². The Bertz CT molecular complexity index is 578. The van der Waals surface area contributed by atoms with Crippen molar-refractivity contribution in [1.29, 1.82) is 0 Å². The molecule has 202 valence electrons. The summed E-state index contributed by atoms with van der Waals surface area (Å²) < 4.78 is 20.0. The minimum absolute atomic E-state index is 0.352. The molecule has 4 unspecified atom stereocenters. The third-order valence-corrected chi connectivity index (χ3v) is 5.78. The zero-order valence-electron chi connectivity index (χ0n) is 17.9. The lowest BCUT2D eigenvalue weighted by molar-refractivity contribution is -0.325. The molecule has 0 radical (unpaired) electrons. The van der Waals surface area contributed by atoms with Gasteiger partial charge in [0.1, 0.15) is 73.2 Å². The van der Waals surface area contributed by atoms with E-state index in [0.717, 1.165) is 0 Å². The summed E-state index contributed by atoms with van der Waals surface area (Å²) >= 11 is 0. The predicted molar refractivity (Wildman–Crippen MR) is 103 cm³/mol. The zero-order valence-corrected chi connectivity index (χ0v) is 17.9. The van der Waals surface area contributed by atoms with E-state index in [0.29, 0.717) is 0 Å². The molecular weight excluding hydrogens is 472 g/mol. The van der Waals surface area contributed by atoms with Crippen molar-refractivity contribution in [2.45, 2.75) is 85.8 Å². The molecule has 3 fully saturated rings. The molecule has 3 saturated heterocycles. The molecule has 0 aromatic carbocycles. The summed E-state index contributed by atoms with van der Waals surface area (Å²) in [7, 11) is 0. The first-order valence-electron chi connectivity index (χ1n) is 10.5. The van der Waals surface area contributed by atoms with Crippen LogP contribution in [0.5, 0.6) is 0 Å². The lowest BCUT2D eigenvalue weighted by Gasteiger charge is -2.41.